The summed E-state index contributed by atoms with van der Waals surface area (Å²) in [6.07, 6.45) is 0.475. The van der Waals surface area contributed by atoms with Crippen LogP contribution in [0.15, 0.2) is 72.8 Å². The highest BCUT2D eigenvalue weighted by atomic mass is 19.3. The van der Waals surface area contributed by atoms with Crippen molar-refractivity contribution in [1.29, 1.82) is 0 Å². The Balaban J connectivity index is 1.50. The smallest absolute Gasteiger partial charge is 0.387 e. The molecule has 0 fully saturated rings. The van der Waals surface area contributed by atoms with Crippen LogP contribution in [0.5, 0.6) is 11.5 Å². The Kier molecular flexibility index (Phi) is 7.22. The summed E-state index contributed by atoms with van der Waals surface area (Å²) in [5.74, 6) is 1.36. The Hall–Kier alpha value is -4.14. The highest BCUT2D eigenvalue weighted by molar-refractivity contribution is 5.76. The number of urea groups is 1. The Morgan fingerprint density at radius 2 is 1.76 bits per heavy atom. The number of fused-ring (bicyclic) bond motifs is 1. The average molecular weight is 466 g/mol. The highest BCUT2D eigenvalue weighted by Gasteiger charge is 2.20. The van der Waals surface area contributed by atoms with Crippen LogP contribution in [0.2, 0.25) is 0 Å². The first-order valence-electron chi connectivity index (χ1n) is 10.7. The van der Waals surface area contributed by atoms with Crippen LogP contribution in [0.25, 0.3) is 11.0 Å². The molecule has 0 saturated carbocycles. The lowest BCUT2D eigenvalue weighted by Gasteiger charge is -2.18. The van der Waals surface area contributed by atoms with Gasteiger partial charge in [0.2, 0.25) is 0 Å². The predicted molar refractivity (Wildman–Crippen MR) is 124 cm³/mol. The minimum absolute atomic E-state index is 0.0180. The summed E-state index contributed by atoms with van der Waals surface area (Å²) >= 11 is 0. The van der Waals surface area contributed by atoms with E-state index in [1.165, 1.54) is 6.07 Å². The molecule has 1 atom stereocenters. The third-order valence-corrected chi connectivity index (χ3v) is 5.27. The zero-order chi connectivity index (χ0) is 23.9. The van der Waals surface area contributed by atoms with Gasteiger partial charge in [-0.25, -0.2) is 9.78 Å². The lowest BCUT2D eigenvalue weighted by Crippen LogP contribution is -2.38. The van der Waals surface area contributed by atoms with Crippen LogP contribution in [0.3, 0.4) is 0 Å². The van der Waals surface area contributed by atoms with Gasteiger partial charge in [-0.2, -0.15) is 8.78 Å². The molecule has 1 aromatic heterocycles. The number of nitrogens with zero attached hydrogens (tertiary/aromatic N) is 1. The number of aromatic nitrogens is 2. The largest absolute Gasteiger partial charge is 0.497 e. The van der Waals surface area contributed by atoms with Crippen molar-refractivity contribution in [2.24, 2.45) is 0 Å². The van der Waals surface area contributed by atoms with Gasteiger partial charge in [0.15, 0.2) is 0 Å². The SMILES string of the molecule is COc1ccc(C[C@@H](NC(=O)NCc2ccccc2OC(F)F)c2nc3ccccc3[nH]2)cc1. The van der Waals surface area contributed by atoms with E-state index in [0.29, 0.717) is 17.8 Å². The molecule has 0 unspecified atom stereocenters. The first-order chi connectivity index (χ1) is 16.5. The number of hydrogen-bond donors (Lipinski definition) is 3. The van der Waals surface area contributed by atoms with E-state index >= 15 is 0 Å². The van der Waals surface area contributed by atoms with Gasteiger partial charge in [-0.05, 0) is 42.3 Å². The number of ether oxygens (including phenoxy) is 2. The minimum Gasteiger partial charge on any atom is -0.497 e. The number of amides is 2. The third-order valence-electron chi connectivity index (χ3n) is 5.27. The summed E-state index contributed by atoms with van der Waals surface area (Å²) in [6, 6.07) is 20.5. The normalized spacial score (nSPS) is 11.9. The Morgan fingerprint density at radius 3 is 2.50 bits per heavy atom. The van der Waals surface area contributed by atoms with Gasteiger partial charge in [-0.3, -0.25) is 0 Å². The van der Waals surface area contributed by atoms with Crippen molar-refractivity contribution in [1.82, 2.24) is 20.6 Å². The summed E-state index contributed by atoms with van der Waals surface area (Å²) in [7, 11) is 1.60. The molecule has 9 heteroatoms. The van der Waals surface area contributed by atoms with Gasteiger partial charge in [-0.1, -0.05) is 42.5 Å². The number of alkyl halides is 2. The molecule has 0 aliphatic carbocycles. The number of H-pyrrole nitrogens is 1. The minimum atomic E-state index is -2.95. The van der Waals surface area contributed by atoms with Gasteiger partial charge in [-0.15, -0.1) is 0 Å². The number of benzene rings is 3. The Bertz CT molecular complexity index is 1210. The van der Waals surface area contributed by atoms with Crippen molar-refractivity contribution < 1.29 is 23.0 Å². The number of nitrogens with one attached hydrogen (secondary N) is 3. The highest BCUT2D eigenvalue weighted by Crippen LogP contribution is 2.22. The zero-order valence-corrected chi connectivity index (χ0v) is 18.4. The van der Waals surface area contributed by atoms with E-state index in [2.05, 4.69) is 25.3 Å². The van der Waals surface area contributed by atoms with E-state index in [-0.39, 0.29) is 12.3 Å². The van der Waals surface area contributed by atoms with E-state index in [1.807, 2.05) is 48.5 Å². The number of aromatic amines is 1. The molecule has 1 heterocycles. The number of carbonyl (C=O) groups is 1. The third kappa shape index (κ3) is 5.80. The van der Waals surface area contributed by atoms with Crippen LogP contribution in [0.1, 0.15) is 23.0 Å². The monoisotopic (exact) mass is 466 g/mol. The fourth-order valence-corrected chi connectivity index (χ4v) is 3.60. The molecule has 3 aromatic carbocycles. The number of halogens is 2. The molecule has 2 amide bonds. The first kappa shape index (κ1) is 23.0. The van der Waals surface area contributed by atoms with Gasteiger partial charge in [0, 0.05) is 12.1 Å². The number of methoxy groups -OCH3 is 1. The summed E-state index contributed by atoms with van der Waals surface area (Å²) in [5, 5.41) is 5.65. The summed E-state index contributed by atoms with van der Waals surface area (Å²) < 4.78 is 35.1. The molecule has 3 N–H and O–H groups in total. The number of carbonyl (C=O) groups excluding carboxylic acids is 1. The summed E-state index contributed by atoms with van der Waals surface area (Å²) in [6.45, 7) is -2.93. The average Bonchev–Trinajstić information content (AvgIpc) is 3.28. The van der Waals surface area contributed by atoms with Gasteiger partial charge >= 0.3 is 12.6 Å². The molecular formula is C25H24F2N4O3. The van der Waals surface area contributed by atoms with Crippen LogP contribution in [0, 0.1) is 0 Å². The van der Waals surface area contributed by atoms with Crippen molar-refractivity contribution in [2.45, 2.75) is 25.6 Å². The topological polar surface area (TPSA) is 88.3 Å². The zero-order valence-electron chi connectivity index (χ0n) is 18.4. The van der Waals surface area contributed by atoms with Crippen LogP contribution < -0.4 is 20.1 Å². The molecule has 4 rings (SSSR count). The van der Waals surface area contributed by atoms with Gasteiger partial charge < -0.3 is 25.1 Å². The van der Waals surface area contributed by atoms with E-state index in [4.69, 9.17) is 4.74 Å². The second-order valence-corrected chi connectivity index (χ2v) is 7.56. The van der Waals surface area contributed by atoms with E-state index in [1.54, 1.807) is 25.3 Å². The standard InChI is InChI=1S/C25H24F2N4O3/c1-33-18-12-10-16(11-13-18)14-21(23-29-19-7-3-4-8-20(19)30-23)31-25(32)28-15-17-6-2-5-9-22(17)34-24(26)27/h2-13,21,24H,14-15H2,1H3,(H,29,30)(H2,28,31,32)/t21-/m1/s1. The second kappa shape index (κ2) is 10.7. The summed E-state index contributed by atoms with van der Waals surface area (Å²) in [4.78, 5) is 20.7. The molecule has 0 radical (unpaired) electrons. The molecule has 0 bridgehead atoms. The van der Waals surface area contributed by atoms with Gasteiger partial charge in [0.25, 0.3) is 0 Å². The molecule has 0 aliphatic heterocycles. The second-order valence-electron chi connectivity index (χ2n) is 7.56. The Labute approximate surface area is 195 Å². The maximum absolute atomic E-state index is 12.8. The first-order valence-corrected chi connectivity index (χ1v) is 10.7. The van der Waals surface area contributed by atoms with E-state index in [0.717, 1.165) is 22.3 Å². The maximum atomic E-state index is 12.8. The molecule has 7 nitrogen and oxygen atoms in total. The van der Waals surface area contributed by atoms with Crippen LogP contribution in [-0.4, -0.2) is 29.7 Å². The van der Waals surface area contributed by atoms with Crippen molar-refractivity contribution in [2.75, 3.05) is 7.11 Å². The molecule has 34 heavy (non-hydrogen) atoms. The van der Waals surface area contributed by atoms with Crippen molar-refractivity contribution >= 4 is 17.1 Å². The molecule has 176 valence electrons. The summed E-state index contributed by atoms with van der Waals surface area (Å²) in [5.41, 5.74) is 3.06. The van der Waals surface area contributed by atoms with Gasteiger partial charge in [0.1, 0.15) is 17.3 Å². The van der Waals surface area contributed by atoms with Crippen LogP contribution >= 0.6 is 0 Å². The fraction of sp³-hybridized carbons (Fsp3) is 0.200. The molecule has 4 aromatic rings. The quantitative estimate of drug-likeness (QED) is 0.326. The van der Waals surface area contributed by atoms with Crippen LogP contribution in [-0.2, 0) is 13.0 Å². The predicted octanol–water partition coefficient (Wildman–Crippen LogP) is 4.96. The van der Waals surface area contributed by atoms with Crippen LogP contribution in [0.4, 0.5) is 13.6 Å². The molecule has 0 spiro atoms. The van der Waals surface area contributed by atoms with E-state index in [9.17, 15) is 13.6 Å². The van der Waals surface area contributed by atoms with E-state index < -0.39 is 18.7 Å². The molecule has 0 saturated heterocycles. The number of para-hydroxylation sites is 3. The number of rotatable bonds is 9. The molecule has 0 aliphatic rings. The Morgan fingerprint density at radius 1 is 1.03 bits per heavy atom. The van der Waals surface area contributed by atoms with Crippen molar-refractivity contribution in [3.63, 3.8) is 0 Å². The van der Waals surface area contributed by atoms with Gasteiger partial charge in [0.05, 0.1) is 24.2 Å². The lowest BCUT2D eigenvalue weighted by molar-refractivity contribution is -0.0504. The van der Waals surface area contributed by atoms with Crippen molar-refractivity contribution in [3.8, 4) is 11.5 Å². The fourth-order valence-electron chi connectivity index (χ4n) is 3.60. The number of imidazole rings is 1. The number of hydrogen-bond acceptors (Lipinski definition) is 4. The van der Waals surface area contributed by atoms with Crippen molar-refractivity contribution in [3.05, 3.63) is 89.7 Å². The molecular weight excluding hydrogens is 442 g/mol. The maximum Gasteiger partial charge on any atom is 0.387 e. The lowest BCUT2D eigenvalue weighted by atomic mass is 10.1.